The van der Waals surface area contributed by atoms with Gasteiger partial charge >= 0.3 is 0 Å². The number of hydrogen-bond donors (Lipinski definition) is 1. The van der Waals surface area contributed by atoms with E-state index >= 15 is 0 Å². The van der Waals surface area contributed by atoms with Crippen molar-refractivity contribution in [3.63, 3.8) is 0 Å². The Bertz CT molecular complexity index is 632. The number of aliphatic hydroxyl groups excluding tert-OH is 1. The molecule has 0 saturated carbocycles. The van der Waals surface area contributed by atoms with Gasteiger partial charge in [0.2, 0.25) is 0 Å². The normalized spacial score (nSPS) is 17.5. The summed E-state index contributed by atoms with van der Waals surface area (Å²) < 4.78 is 1.74. The third-order valence-electron chi connectivity index (χ3n) is 4.23. The third-order valence-corrected chi connectivity index (χ3v) is 4.23. The molecule has 24 heavy (non-hydrogen) atoms. The molecule has 0 aromatic carbocycles. The third kappa shape index (κ3) is 4.39. The summed E-state index contributed by atoms with van der Waals surface area (Å²) in [5, 5.41) is 14.3. The standard InChI is InChI=1S/C17H23N5O2/c23-16(14-22-10-1-5-19-22)13-20-8-2-9-21(12-11-20)17(24)15-3-6-18-7-4-15/h1,3-7,10,16,23H,2,8-9,11-14H2. The maximum Gasteiger partial charge on any atom is 0.254 e. The smallest absolute Gasteiger partial charge is 0.254 e. The first-order valence-corrected chi connectivity index (χ1v) is 8.29. The molecule has 7 nitrogen and oxygen atoms in total. The fourth-order valence-corrected chi connectivity index (χ4v) is 3.01. The van der Waals surface area contributed by atoms with Crippen molar-refractivity contribution in [2.75, 3.05) is 32.7 Å². The van der Waals surface area contributed by atoms with Crippen molar-refractivity contribution in [3.8, 4) is 0 Å². The average Bonchev–Trinajstić information content (AvgIpc) is 2.99. The van der Waals surface area contributed by atoms with E-state index in [2.05, 4.69) is 15.0 Å². The first kappa shape index (κ1) is 16.6. The largest absolute Gasteiger partial charge is 0.390 e. The predicted molar refractivity (Wildman–Crippen MR) is 89.4 cm³/mol. The predicted octanol–water partition coefficient (Wildman–Crippen LogP) is 0.487. The molecule has 128 valence electrons. The van der Waals surface area contributed by atoms with Gasteiger partial charge in [-0.3, -0.25) is 19.4 Å². The zero-order chi connectivity index (χ0) is 16.8. The molecule has 2 aromatic rings. The number of hydrogen-bond acceptors (Lipinski definition) is 5. The minimum absolute atomic E-state index is 0.0522. The molecule has 1 fully saturated rings. The summed E-state index contributed by atoms with van der Waals surface area (Å²) in [7, 11) is 0. The van der Waals surface area contributed by atoms with Crippen LogP contribution in [0.4, 0.5) is 0 Å². The Labute approximate surface area is 141 Å². The van der Waals surface area contributed by atoms with Crippen LogP contribution in [0.15, 0.2) is 43.0 Å². The molecular weight excluding hydrogens is 306 g/mol. The molecule has 3 heterocycles. The second kappa shape index (κ2) is 8.03. The summed E-state index contributed by atoms with van der Waals surface area (Å²) in [4.78, 5) is 20.6. The second-order valence-electron chi connectivity index (χ2n) is 6.06. The van der Waals surface area contributed by atoms with Crippen LogP contribution in [0.5, 0.6) is 0 Å². The number of amides is 1. The Hall–Kier alpha value is -2.25. The summed E-state index contributed by atoms with van der Waals surface area (Å²) in [6.45, 7) is 4.16. The van der Waals surface area contributed by atoms with Crippen LogP contribution in [-0.2, 0) is 6.54 Å². The highest BCUT2D eigenvalue weighted by atomic mass is 16.3. The van der Waals surface area contributed by atoms with Gasteiger partial charge in [-0.05, 0) is 31.2 Å². The Balaban J connectivity index is 1.50. The average molecular weight is 329 g/mol. The molecule has 1 atom stereocenters. The fraction of sp³-hybridized carbons (Fsp3) is 0.471. The number of carbonyl (C=O) groups excluding carboxylic acids is 1. The summed E-state index contributed by atoms with van der Waals surface area (Å²) in [6, 6.07) is 5.35. The van der Waals surface area contributed by atoms with E-state index in [1.54, 1.807) is 35.4 Å². The van der Waals surface area contributed by atoms with E-state index < -0.39 is 6.10 Å². The highest BCUT2D eigenvalue weighted by Crippen LogP contribution is 2.09. The summed E-state index contributed by atoms with van der Waals surface area (Å²) >= 11 is 0. The quantitative estimate of drug-likeness (QED) is 0.864. The molecule has 7 heteroatoms. The Morgan fingerprint density at radius 3 is 2.71 bits per heavy atom. The summed E-state index contributed by atoms with van der Waals surface area (Å²) in [6.07, 6.45) is 7.28. The Kier molecular flexibility index (Phi) is 5.55. The SMILES string of the molecule is O=C(c1ccncc1)N1CCCN(CC(O)Cn2cccn2)CC1. The molecule has 2 aromatic heterocycles. The van der Waals surface area contributed by atoms with E-state index in [-0.39, 0.29) is 5.91 Å². The van der Waals surface area contributed by atoms with Gasteiger partial charge in [0, 0.05) is 56.5 Å². The monoisotopic (exact) mass is 329 g/mol. The first-order chi connectivity index (χ1) is 11.7. The topological polar surface area (TPSA) is 74.5 Å². The van der Waals surface area contributed by atoms with Crippen LogP contribution < -0.4 is 0 Å². The molecule has 3 rings (SSSR count). The Morgan fingerprint density at radius 2 is 1.96 bits per heavy atom. The van der Waals surface area contributed by atoms with Gasteiger partial charge in [0.05, 0.1) is 12.6 Å². The van der Waals surface area contributed by atoms with E-state index in [9.17, 15) is 9.90 Å². The van der Waals surface area contributed by atoms with Gasteiger partial charge in [-0.25, -0.2) is 0 Å². The number of carbonyl (C=O) groups is 1. The van der Waals surface area contributed by atoms with Crippen molar-refractivity contribution in [1.82, 2.24) is 24.6 Å². The lowest BCUT2D eigenvalue weighted by Gasteiger charge is -2.24. The molecule has 1 aliphatic heterocycles. The summed E-state index contributed by atoms with van der Waals surface area (Å²) in [5.41, 5.74) is 0.678. The molecule has 0 spiro atoms. The summed E-state index contributed by atoms with van der Waals surface area (Å²) in [5.74, 6) is 0.0522. The van der Waals surface area contributed by atoms with E-state index in [1.165, 1.54) is 0 Å². The highest BCUT2D eigenvalue weighted by Gasteiger charge is 2.21. The van der Waals surface area contributed by atoms with E-state index in [1.807, 2.05) is 17.2 Å². The maximum atomic E-state index is 12.5. The maximum absolute atomic E-state index is 12.5. The van der Waals surface area contributed by atoms with E-state index in [0.29, 0.717) is 25.2 Å². The highest BCUT2D eigenvalue weighted by molar-refractivity contribution is 5.94. The number of β-amino-alcohol motifs (C(OH)–C–C–N with tert-alkyl or cyclic N) is 1. The van der Waals surface area contributed by atoms with Crippen molar-refractivity contribution in [2.24, 2.45) is 0 Å². The molecule has 1 aliphatic rings. The van der Waals surface area contributed by atoms with Crippen molar-refractivity contribution < 1.29 is 9.90 Å². The van der Waals surface area contributed by atoms with Crippen molar-refractivity contribution in [3.05, 3.63) is 48.5 Å². The zero-order valence-electron chi connectivity index (χ0n) is 13.7. The lowest BCUT2D eigenvalue weighted by atomic mass is 10.2. The number of aromatic nitrogens is 3. The molecule has 1 N–H and O–H groups in total. The van der Waals surface area contributed by atoms with Gasteiger partial charge in [-0.1, -0.05) is 0 Å². The van der Waals surface area contributed by atoms with Crippen molar-refractivity contribution in [1.29, 1.82) is 0 Å². The van der Waals surface area contributed by atoms with Gasteiger partial charge in [-0.2, -0.15) is 5.10 Å². The Morgan fingerprint density at radius 1 is 1.12 bits per heavy atom. The number of pyridine rings is 1. The van der Waals surface area contributed by atoms with E-state index in [4.69, 9.17) is 0 Å². The van der Waals surface area contributed by atoms with Crippen LogP contribution >= 0.6 is 0 Å². The first-order valence-electron chi connectivity index (χ1n) is 8.29. The van der Waals surface area contributed by atoms with Gasteiger partial charge in [0.1, 0.15) is 0 Å². The van der Waals surface area contributed by atoms with Crippen molar-refractivity contribution >= 4 is 5.91 Å². The van der Waals surface area contributed by atoms with Crippen LogP contribution in [0.25, 0.3) is 0 Å². The molecular formula is C17H23N5O2. The van der Waals surface area contributed by atoms with Crippen molar-refractivity contribution in [2.45, 2.75) is 19.1 Å². The molecule has 0 radical (unpaired) electrons. The van der Waals surface area contributed by atoms with Crippen LogP contribution in [0, 0.1) is 0 Å². The minimum atomic E-state index is -0.465. The fourth-order valence-electron chi connectivity index (χ4n) is 3.01. The van der Waals surface area contributed by atoms with Crippen LogP contribution in [0.3, 0.4) is 0 Å². The lowest BCUT2D eigenvalue weighted by molar-refractivity contribution is 0.0748. The number of nitrogens with zero attached hydrogens (tertiary/aromatic N) is 5. The molecule has 1 amide bonds. The van der Waals surface area contributed by atoms with Crippen LogP contribution in [0.2, 0.25) is 0 Å². The second-order valence-corrected chi connectivity index (χ2v) is 6.06. The number of aliphatic hydroxyl groups is 1. The van der Waals surface area contributed by atoms with E-state index in [0.717, 1.165) is 26.1 Å². The zero-order valence-corrected chi connectivity index (χ0v) is 13.7. The molecule has 1 unspecified atom stereocenters. The number of rotatable bonds is 5. The van der Waals surface area contributed by atoms with Gasteiger partial charge in [0.25, 0.3) is 5.91 Å². The lowest BCUT2D eigenvalue weighted by Crippen LogP contribution is -2.38. The van der Waals surface area contributed by atoms with Crippen LogP contribution in [0.1, 0.15) is 16.8 Å². The molecule has 0 bridgehead atoms. The molecule has 1 saturated heterocycles. The van der Waals surface area contributed by atoms with Gasteiger partial charge in [-0.15, -0.1) is 0 Å². The van der Waals surface area contributed by atoms with Gasteiger partial charge in [0.15, 0.2) is 0 Å². The van der Waals surface area contributed by atoms with Gasteiger partial charge < -0.3 is 10.0 Å². The minimum Gasteiger partial charge on any atom is -0.390 e. The van der Waals surface area contributed by atoms with Crippen LogP contribution in [-0.4, -0.2) is 74.4 Å². The molecule has 0 aliphatic carbocycles.